The maximum atomic E-state index is 14.1. The van der Waals surface area contributed by atoms with Gasteiger partial charge in [0.1, 0.15) is 5.82 Å². The van der Waals surface area contributed by atoms with Crippen LogP contribution >= 0.6 is 0 Å². The minimum absolute atomic E-state index is 0.00637. The molecule has 0 spiro atoms. The number of H-pyrrole nitrogens is 1. The molecule has 0 aliphatic rings. The van der Waals surface area contributed by atoms with Crippen LogP contribution in [-0.4, -0.2) is 10.8 Å². The van der Waals surface area contributed by atoms with E-state index in [1.807, 2.05) is 6.07 Å². The minimum Gasteiger partial charge on any atom is -0.361 e. The number of benzene rings is 2. The fourth-order valence-corrected chi connectivity index (χ4v) is 2.27. The average Bonchev–Trinajstić information content (AvgIpc) is 2.87. The molecule has 0 unspecified atom stereocenters. The van der Waals surface area contributed by atoms with Gasteiger partial charge in [-0.2, -0.15) is 0 Å². The standard InChI is InChI=1S/C16H12FNO/c1-10(19)11-2-4-12(5-3-11)16-13-8-9-18-15(13)7-6-14(16)17/h2-9,18H,1H3. The third-order valence-electron chi connectivity index (χ3n) is 3.26. The van der Waals surface area contributed by atoms with Gasteiger partial charge in [-0.1, -0.05) is 24.3 Å². The molecule has 1 aromatic heterocycles. The number of rotatable bonds is 2. The highest BCUT2D eigenvalue weighted by Gasteiger charge is 2.11. The van der Waals surface area contributed by atoms with Gasteiger partial charge in [-0.3, -0.25) is 4.79 Å². The highest BCUT2D eigenvalue weighted by molar-refractivity contribution is 5.97. The zero-order valence-corrected chi connectivity index (χ0v) is 10.4. The largest absolute Gasteiger partial charge is 0.361 e. The zero-order valence-electron chi connectivity index (χ0n) is 10.4. The number of hydrogen-bond acceptors (Lipinski definition) is 1. The second kappa shape index (κ2) is 4.35. The Labute approximate surface area is 109 Å². The van der Waals surface area contributed by atoms with Gasteiger partial charge in [-0.05, 0) is 30.7 Å². The van der Waals surface area contributed by atoms with Gasteiger partial charge in [-0.15, -0.1) is 0 Å². The van der Waals surface area contributed by atoms with Gasteiger partial charge in [0.2, 0.25) is 0 Å². The summed E-state index contributed by atoms with van der Waals surface area (Å²) < 4.78 is 14.1. The number of halogens is 1. The number of carbonyl (C=O) groups excluding carboxylic acids is 1. The Kier molecular flexibility index (Phi) is 2.67. The summed E-state index contributed by atoms with van der Waals surface area (Å²) in [6.45, 7) is 1.52. The van der Waals surface area contributed by atoms with Crippen LogP contribution in [0.2, 0.25) is 0 Å². The summed E-state index contributed by atoms with van der Waals surface area (Å²) >= 11 is 0. The summed E-state index contributed by atoms with van der Waals surface area (Å²) in [6, 6.07) is 12.0. The molecule has 1 N–H and O–H groups in total. The molecule has 0 amide bonds. The van der Waals surface area contributed by atoms with Crippen molar-refractivity contribution in [3.8, 4) is 11.1 Å². The molecule has 0 aliphatic heterocycles. The van der Waals surface area contributed by atoms with Gasteiger partial charge in [0.15, 0.2) is 5.78 Å². The molecule has 94 valence electrons. The Hall–Kier alpha value is -2.42. The molecule has 0 bridgehead atoms. The molecule has 0 atom stereocenters. The summed E-state index contributed by atoms with van der Waals surface area (Å²) in [5, 5.41) is 0.843. The zero-order chi connectivity index (χ0) is 13.4. The van der Waals surface area contributed by atoms with E-state index in [0.717, 1.165) is 16.5 Å². The lowest BCUT2D eigenvalue weighted by molar-refractivity contribution is 0.101. The maximum Gasteiger partial charge on any atom is 0.159 e. The van der Waals surface area contributed by atoms with Crippen molar-refractivity contribution in [2.75, 3.05) is 0 Å². The van der Waals surface area contributed by atoms with Crippen molar-refractivity contribution in [1.82, 2.24) is 4.98 Å². The molecule has 2 nitrogen and oxygen atoms in total. The van der Waals surface area contributed by atoms with E-state index in [4.69, 9.17) is 0 Å². The Balaban J connectivity index is 2.20. The molecular formula is C16H12FNO. The summed E-state index contributed by atoms with van der Waals surface area (Å²) in [5.41, 5.74) is 2.86. The average molecular weight is 253 g/mol. The second-order valence-corrected chi connectivity index (χ2v) is 4.49. The van der Waals surface area contributed by atoms with Crippen LogP contribution in [0.4, 0.5) is 4.39 Å². The Morgan fingerprint density at radius 1 is 1.05 bits per heavy atom. The van der Waals surface area contributed by atoms with Crippen LogP contribution in [0.1, 0.15) is 17.3 Å². The third kappa shape index (κ3) is 1.93. The molecule has 0 saturated heterocycles. The van der Waals surface area contributed by atoms with Crippen molar-refractivity contribution in [1.29, 1.82) is 0 Å². The lowest BCUT2D eigenvalue weighted by atomic mass is 9.99. The Morgan fingerprint density at radius 3 is 2.47 bits per heavy atom. The first-order chi connectivity index (χ1) is 9.16. The predicted octanol–water partition coefficient (Wildman–Crippen LogP) is 4.18. The predicted molar refractivity (Wildman–Crippen MR) is 73.7 cm³/mol. The van der Waals surface area contributed by atoms with Crippen molar-refractivity contribution in [2.45, 2.75) is 6.92 Å². The molecule has 1 heterocycles. The van der Waals surface area contributed by atoms with E-state index in [1.54, 1.807) is 36.5 Å². The first kappa shape index (κ1) is 11.7. The normalized spacial score (nSPS) is 10.8. The van der Waals surface area contributed by atoms with Crippen molar-refractivity contribution in [2.24, 2.45) is 0 Å². The molecule has 2 aromatic carbocycles. The SMILES string of the molecule is CC(=O)c1ccc(-c2c(F)ccc3[nH]ccc23)cc1. The molecule has 3 heteroatoms. The summed E-state index contributed by atoms with van der Waals surface area (Å²) in [5.74, 6) is -0.255. The molecule has 0 fully saturated rings. The van der Waals surface area contributed by atoms with E-state index in [1.165, 1.54) is 13.0 Å². The van der Waals surface area contributed by atoms with Crippen molar-refractivity contribution in [3.63, 3.8) is 0 Å². The van der Waals surface area contributed by atoms with Crippen LogP contribution in [0.25, 0.3) is 22.0 Å². The number of aromatic amines is 1. The molecule has 0 radical (unpaired) electrons. The number of Topliss-reactive ketones (excluding diaryl/α,β-unsaturated/α-hetero) is 1. The van der Waals surface area contributed by atoms with Gasteiger partial charge in [0, 0.05) is 28.2 Å². The Bertz CT molecular complexity index is 756. The number of hydrogen-bond donors (Lipinski definition) is 1. The van der Waals surface area contributed by atoms with E-state index in [0.29, 0.717) is 11.1 Å². The lowest BCUT2D eigenvalue weighted by Gasteiger charge is -2.06. The molecule has 3 rings (SSSR count). The monoisotopic (exact) mass is 253 g/mol. The van der Waals surface area contributed by atoms with Crippen LogP contribution in [-0.2, 0) is 0 Å². The third-order valence-corrected chi connectivity index (χ3v) is 3.26. The fourth-order valence-electron chi connectivity index (χ4n) is 2.27. The minimum atomic E-state index is -0.261. The highest BCUT2D eigenvalue weighted by atomic mass is 19.1. The number of carbonyl (C=O) groups is 1. The van der Waals surface area contributed by atoms with E-state index >= 15 is 0 Å². The first-order valence-electron chi connectivity index (χ1n) is 6.04. The lowest BCUT2D eigenvalue weighted by Crippen LogP contribution is -1.92. The van der Waals surface area contributed by atoms with Gasteiger partial charge in [-0.25, -0.2) is 4.39 Å². The Morgan fingerprint density at radius 2 is 1.79 bits per heavy atom. The first-order valence-corrected chi connectivity index (χ1v) is 6.04. The van der Waals surface area contributed by atoms with Gasteiger partial charge >= 0.3 is 0 Å². The van der Waals surface area contributed by atoms with Crippen molar-refractivity contribution >= 4 is 16.7 Å². The van der Waals surface area contributed by atoms with E-state index in [2.05, 4.69) is 4.98 Å². The summed E-state index contributed by atoms with van der Waals surface area (Å²) in [6.07, 6.45) is 1.79. The molecule has 19 heavy (non-hydrogen) atoms. The number of nitrogens with one attached hydrogen (secondary N) is 1. The van der Waals surface area contributed by atoms with Crippen molar-refractivity contribution < 1.29 is 9.18 Å². The van der Waals surface area contributed by atoms with Crippen molar-refractivity contribution in [3.05, 3.63) is 60.0 Å². The number of aromatic nitrogens is 1. The van der Waals surface area contributed by atoms with Crippen LogP contribution in [0.15, 0.2) is 48.7 Å². The van der Waals surface area contributed by atoms with E-state index in [9.17, 15) is 9.18 Å². The molecule has 0 saturated carbocycles. The quantitative estimate of drug-likeness (QED) is 0.683. The number of fused-ring (bicyclic) bond motifs is 1. The molecular weight excluding hydrogens is 241 g/mol. The smallest absolute Gasteiger partial charge is 0.159 e. The van der Waals surface area contributed by atoms with Gasteiger partial charge < -0.3 is 4.98 Å². The summed E-state index contributed by atoms with van der Waals surface area (Å²) in [4.78, 5) is 14.3. The van der Waals surface area contributed by atoms with Gasteiger partial charge in [0.05, 0.1) is 0 Å². The van der Waals surface area contributed by atoms with Crippen LogP contribution in [0.3, 0.4) is 0 Å². The topological polar surface area (TPSA) is 32.9 Å². The number of ketones is 1. The molecule has 3 aromatic rings. The van der Waals surface area contributed by atoms with Crippen LogP contribution in [0, 0.1) is 5.82 Å². The van der Waals surface area contributed by atoms with E-state index < -0.39 is 0 Å². The maximum absolute atomic E-state index is 14.1. The van der Waals surface area contributed by atoms with E-state index in [-0.39, 0.29) is 11.6 Å². The van der Waals surface area contributed by atoms with Gasteiger partial charge in [0.25, 0.3) is 0 Å². The summed E-state index contributed by atoms with van der Waals surface area (Å²) in [7, 11) is 0. The molecule has 0 aliphatic carbocycles. The highest BCUT2D eigenvalue weighted by Crippen LogP contribution is 2.31. The second-order valence-electron chi connectivity index (χ2n) is 4.49. The van der Waals surface area contributed by atoms with Crippen LogP contribution in [0.5, 0.6) is 0 Å². The van der Waals surface area contributed by atoms with Crippen LogP contribution < -0.4 is 0 Å². The fraction of sp³-hybridized carbons (Fsp3) is 0.0625.